The van der Waals surface area contributed by atoms with Crippen molar-refractivity contribution in [3.8, 4) is 5.75 Å². The molecule has 2 aliphatic rings. The monoisotopic (exact) mass is 292 g/mol. The first-order valence-corrected chi connectivity index (χ1v) is 7.29. The number of nitrogens with zero attached hydrogens (tertiary/aromatic N) is 2. The van der Waals surface area contributed by atoms with Gasteiger partial charge in [-0.3, -0.25) is 15.0 Å². The molecule has 0 unspecified atom stereocenters. The molecule has 0 aromatic heterocycles. The number of hydrogen-bond acceptors (Lipinski definition) is 5. The maximum Gasteiger partial charge on any atom is 0.273 e. The Labute approximate surface area is 123 Å². The SMILES string of the molecule is CC1(C)Oc2cc([N+](=O)[O-])ccc2[C@H](N2CCCC2)[C@H]1O. The lowest BCUT2D eigenvalue weighted by molar-refractivity contribution is -0.385. The van der Waals surface area contributed by atoms with Gasteiger partial charge in [-0.15, -0.1) is 0 Å². The molecule has 6 heteroatoms. The Kier molecular flexibility index (Phi) is 3.37. The Balaban J connectivity index is 2.06. The second-order valence-corrected chi connectivity index (χ2v) is 6.32. The van der Waals surface area contributed by atoms with Crippen molar-refractivity contribution >= 4 is 5.69 Å². The van der Waals surface area contributed by atoms with Gasteiger partial charge in [-0.05, 0) is 45.8 Å². The third kappa shape index (κ3) is 2.38. The average molecular weight is 292 g/mol. The minimum atomic E-state index is -0.768. The molecule has 21 heavy (non-hydrogen) atoms. The number of hydrogen-bond donors (Lipinski definition) is 1. The molecule has 1 saturated heterocycles. The normalized spacial score (nSPS) is 28.0. The number of nitro benzene ring substituents is 1. The van der Waals surface area contributed by atoms with Crippen LogP contribution in [0.4, 0.5) is 5.69 Å². The van der Waals surface area contributed by atoms with Crippen molar-refractivity contribution in [1.29, 1.82) is 0 Å². The van der Waals surface area contributed by atoms with Gasteiger partial charge in [0.05, 0.1) is 17.0 Å². The van der Waals surface area contributed by atoms with Gasteiger partial charge in [0.15, 0.2) is 0 Å². The van der Waals surface area contributed by atoms with E-state index in [0.29, 0.717) is 5.75 Å². The van der Waals surface area contributed by atoms with E-state index < -0.39 is 16.6 Å². The summed E-state index contributed by atoms with van der Waals surface area (Å²) < 4.78 is 5.83. The highest BCUT2D eigenvalue weighted by molar-refractivity contribution is 5.48. The molecule has 3 rings (SSSR count). The molecule has 0 saturated carbocycles. The number of fused-ring (bicyclic) bond motifs is 1. The van der Waals surface area contributed by atoms with Gasteiger partial charge in [-0.1, -0.05) is 0 Å². The van der Waals surface area contributed by atoms with Gasteiger partial charge in [-0.2, -0.15) is 0 Å². The smallest absolute Gasteiger partial charge is 0.273 e. The molecule has 0 aliphatic carbocycles. The summed E-state index contributed by atoms with van der Waals surface area (Å²) in [5.74, 6) is 0.511. The van der Waals surface area contributed by atoms with Gasteiger partial charge in [-0.25, -0.2) is 0 Å². The van der Waals surface area contributed by atoms with Crippen molar-refractivity contribution in [2.24, 2.45) is 0 Å². The van der Waals surface area contributed by atoms with Gasteiger partial charge >= 0.3 is 0 Å². The first kappa shape index (κ1) is 14.3. The predicted molar refractivity (Wildman–Crippen MR) is 77.4 cm³/mol. The van der Waals surface area contributed by atoms with Crippen LogP contribution in [0.25, 0.3) is 0 Å². The number of likely N-dealkylation sites (tertiary alicyclic amines) is 1. The van der Waals surface area contributed by atoms with Crippen LogP contribution in [-0.4, -0.2) is 39.7 Å². The van der Waals surface area contributed by atoms with Crippen molar-refractivity contribution in [2.75, 3.05) is 13.1 Å². The van der Waals surface area contributed by atoms with E-state index >= 15 is 0 Å². The van der Waals surface area contributed by atoms with Gasteiger partial charge in [0.2, 0.25) is 0 Å². The van der Waals surface area contributed by atoms with Crippen LogP contribution in [0.3, 0.4) is 0 Å². The van der Waals surface area contributed by atoms with E-state index in [4.69, 9.17) is 4.74 Å². The summed E-state index contributed by atoms with van der Waals surface area (Å²) in [5, 5.41) is 21.6. The molecule has 6 nitrogen and oxygen atoms in total. The third-order valence-electron chi connectivity index (χ3n) is 4.45. The summed E-state index contributed by atoms with van der Waals surface area (Å²) in [6.07, 6.45) is 1.57. The number of aliphatic hydroxyl groups excluding tert-OH is 1. The Morgan fingerprint density at radius 1 is 1.38 bits per heavy atom. The van der Waals surface area contributed by atoms with E-state index in [9.17, 15) is 15.2 Å². The topological polar surface area (TPSA) is 75.8 Å². The van der Waals surface area contributed by atoms with Crippen molar-refractivity contribution in [2.45, 2.75) is 44.4 Å². The molecular formula is C15H20N2O4. The minimum Gasteiger partial charge on any atom is -0.484 e. The maximum absolute atomic E-state index is 10.9. The number of ether oxygens (including phenoxy) is 1. The Morgan fingerprint density at radius 2 is 2.05 bits per heavy atom. The number of nitro groups is 1. The fourth-order valence-corrected chi connectivity index (χ4v) is 3.28. The lowest BCUT2D eigenvalue weighted by Gasteiger charge is -2.45. The standard InChI is InChI=1S/C15H20N2O4/c1-15(2)14(18)13(16-7-3-4-8-16)11-6-5-10(17(19)20)9-12(11)21-15/h5-6,9,13-14,18H,3-4,7-8H2,1-2H3/t13-,14+/m0/s1. The predicted octanol–water partition coefficient (Wildman–Crippen LogP) is 2.26. The lowest BCUT2D eigenvalue weighted by Crippen LogP contribution is -2.53. The number of rotatable bonds is 2. The fourth-order valence-electron chi connectivity index (χ4n) is 3.28. The summed E-state index contributed by atoms with van der Waals surface area (Å²) in [4.78, 5) is 12.8. The molecule has 0 amide bonds. The molecule has 1 fully saturated rings. The molecule has 2 heterocycles. The Morgan fingerprint density at radius 3 is 2.67 bits per heavy atom. The fraction of sp³-hybridized carbons (Fsp3) is 0.600. The highest BCUT2D eigenvalue weighted by Crippen LogP contribution is 2.44. The number of aliphatic hydroxyl groups is 1. The van der Waals surface area contributed by atoms with Crippen LogP contribution in [0.1, 0.15) is 38.3 Å². The maximum atomic E-state index is 10.9. The molecular weight excluding hydrogens is 272 g/mol. The lowest BCUT2D eigenvalue weighted by atomic mass is 9.85. The van der Waals surface area contributed by atoms with Crippen LogP contribution in [0.5, 0.6) is 5.75 Å². The largest absolute Gasteiger partial charge is 0.484 e. The molecule has 114 valence electrons. The van der Waals surface area contributed by atoms with Crippen LogP contribution in [-0.2, 0) is 0 Å². The van der Waals surface area contributed by atoms with E-state index in [-0.39, 0.29) is 11.7 Å². The molecule has 1 aromatic carbocycles. The summed E-state index contributed by atoms with van der Waals surface area (Å²) >= 11 is 0. The zero-order valence-electron chi connectivity index (χ0n) is 12.3. The first-order valence-electron chi connectivity index (χ1n) is 7.29. The first-order chi connectivity index (χ1) is 9.90. The molecule has 0 radical (unpaired) electrons. The second-order valence-electron chi connectivity index (χ2n) is 6.32. The zero-order chi connectivity index (χ0) is 15.2. The van der Waals surface area contributed by atoms with Crippen LogP contribution in [0, 0.1) is 10.1 Å². The molecule has 2 aliphatic heterocycles. The molecule has 0 spiro atoms. The van der Waals surface area contributed by atoms with Crippen molar-refractivity contribution in [3.05, 3.63) is 33.9 Å². The van der Waals surface area contributed by atoms with Gasteiger partial charge < -0.3 is 9.84 Å². The third-order valence-corrected chi connectivity index (χ3v) is 4.45. The van der Waals surface area contributed by atoms with Crippen molar-refractivity contribution in [1.82, 2.24) is 4.90 Å². The quantitative estimate of drug-likeness (QED) is 0.668. The van der Waals surface area contributed by atoms with E-state index in [1.54, 1.807) is 6.07 Å². The van der Waals surface area contributed by atoms with Gasteiger partial charge in [0.25, 0.3) is 5.69 Å². The number of non-ortho nitro benzene ring substituents is 1. The van der Waals surface area contributed by atoms with Crippen LogP contribution >= 0.6 is 0 Å². The van der Waals surface area contributed by atoms with Crippen molar-refractivity contribution < 1.29 is 14.8 Å². The minimum absolute atomic E-state index is 0.0149. The van der Waals surface area contributed by atoms with Crippen LogP contribution < -0.4 is 4.74 Å². The van der Waals surface area contributed by atoms with E-state index in [1.165, 1.54) is 12.1 Å². The number of benzene rings is 1. The van der Waals surface area contributed by atoms with E-state index in [2.05, 4.69) is 4.90 Å². The summed E-state index contributed by atoms with van der Waals surface area (Å²) in [5.41, 5.74) is 0.0885. The second kappa shape index (κ2) is 4.96. The van der Waals surface area contributed by atoms with Gasteiger partial charge in [0, 0.05) is 11.6 Å². The van der Waals surface area contributed by atoms with Crippen LogP contribution in [0.15, 0.2) is 18.2 Å². The molecule has 2 atom stereocenters. The zero-order valence-corrected chi connectivity index (χ0v) is 12.3. The summed E-state index contributed by atoms with van der Waals surface area (Å²) in [7, 11) is 0. The molecule has 1 N–H and O–H groups in total. The summed E-state index contributed by atoms with van der Waals surface area (Å²) in [6, 6.07) is 4.50. The molecule has 1 aromatic rings. The van der Waals surface area contributed by atoms with Crippen LogP contribution in [0.2, 0.25) is 0 Å². The highest BCUT2D eigenvalue weighted by atomic mass is 16.6. The average Bonchev–Trinajstić information content (AvgIpc) is 2.93. The highest BCUT2D eigenvalue weighted by Gasteiger charge is 2.46. The Hall–Kier alpha value is -1.66. The van der Waals surface area contributed by atoms with Gasteiger partial charge in [0.1, 0.15) is 17.5 Å². The van der Waals surface area contributed by atoms with E-state index in [1.807, 2.05) is 13.8 Å². The van der Waals surface area contributed by atoms with E-state index in [0.717, 1.165) is 31.5 Å². The Bertz CT molecular complexity index is 567. The summed E-state index contributed by atoms with van der Waals surface area (Å²) in [6.45, 7) is 5.52. The van der Waals surface area contributed by atoms with Crippen molar-refractivity contribution in [3.63, 3.8) is 0 Å². The molecule has 0 bridgehead atoms.